The van der Waals surface area contributed by atoms with Crippen molar-refractivity contribution in [1.29, 1.82) is 0 Å². The zero-order valence-corrected chi connectivity index (χ0v) is 13.2. The molecule has 0 aromatic rings. The van der Waals surface area contributed by atoms with Crippen LogP contribution in [0.5, 0.6) is 0 Å². The molecule has 1 fully saturated rings. The van der Waals surface area contributed by atoms with Crippen molar-refractivity contribution in [3.8, 4) is 0 Å². The summed E-state index contributed by atoms with van der Waals surface area (Å²) in [6.07, 6.45) is 5.52. The highest BCUT2D eigenvalue weighted by Crippen LogP contribution is 2.43. The van der Waals surface area contributed by atoms with Crippen LogP contribution in [0.15, 0.2) is 0 Å². The van der Waals surface area contributed by atoms with Crippen molar-refractivity contribution in [3.63, 3.8) is 0 Å². The van der Waals surface area contributed by atoms with Crippen molar-refractivity contribution < 1.29 is 0 Å². The predicted molar refractivity (Wildman–Crippen MR) is 80.8 cm³/mol. The highest BCUT2D eigenvalue weighted by atomic mass is 32.2. The van der Waals surface area contributed by atoms with E-state index < -0.39 is 0 Å². The van der Waals surface area contributed by atoms with Crippen LogP contribution in [-0.2, 0) is 0 Å². The Morgan fingerprint density at radius 3 is 2.41 bits per heavy atom. The Hall–Kier alpha value is 0.310. The third kappa shape index (κ3) is 4.17. The molecule has 1 nitrogen and oxygen atoms in total. The van der Waals surface area contributed by atoms with Gasteiger partial charge in [0, 0.05) is 11.3 Å². The van der Waals surface area contributed by atoms with Gasteiger partial charge in [-0.05, 0) is 42.9 Å². The molecule has 0 aliphatic heterocycles. The highest BCUT2D eigenvalue weighted by molar-refractivity contribution is 7.99. The van der Waals surface area contributed by atoms with E-state index in [1.54, 1.807) is 0 Å². The van der Waals surface area contributed by atoms with Crippen LogP contribution in [0.4, 0.5) is 0 Å². The summed E-state index contributed by atoms with van der Waals surface area (Å²) in [7, 11) is 0. The normalized spacial score (nSPS) is 30.5. The van der Waals surface area contributed by atoms with Crippen molar-refractivity contribution >= 4 is 11.8 Å². The molecule has 0 aromatic heterocycles. The van der Waals surface area contributed by atoms with Gasteiger partial charge in [-0.15, -0.1) is 0 Å². The van der Waals surface area contributed by atoms with E-state index in [1.807, 2.05) is 0 Å². The number of nitrogens with one attached hydrogen (secondary N) is 1. The van der Waals surface area contributed by atoms with Gasteiger partial charge in [-0.2, -0.15) is 11.8 Å². The molecule has 3 unspecified atom stereocenters. The first kappa shape index (κ1) is 15.4. The fourth-order valence-electron chi connectivity index (χ4n) is 3.02. The molecule has 0 spiro atoms. The summed E-state index contributed by atoms with van der Waals surface area (Å²) in [6, 6.07) is 0.758. The molecule has 17 heavy (non-hydrogen) atoms. The molecule has 0 radical (unpaired) electrons. The maximum atomic E-state index is 3.69. The topological polar surface area (TPSA) is 12.0 Å². The van der Waals surface area contributed by atoms with Crippen LogP contribution in [0.25, 0.3) is 0 Å². The van der Waals surface area contributed by atoms with E-state index in [0.29, 0.717) is 5.41 Å². The van der Waals surface area contributed by atoms with E-state index in [0.717, 1.165) is 23.8 Å². The molecule has 1 N–H and O–H groups in total. The van der Waals surface area contributed by atoms with Crippen molar-refractivity contribution in [2.24, 2.45) is 11.3 Å². The van der Waals surface area contributed by atoms with Crippen molar-refractivity contribution in [2.75, 3.05) is 12.3 Å². The molecule has 0 aromatic carbocycles. The molecule has 2 heteroatoms. The summed E-state index contributed by atoms with van der Waals surface area (Å²) in [4.78, 5) is 0. The lowest BCUT2D eigenvalue weighted by molar-refractivity contribution is 0.141. The van der Waals surface area contributed by atoms with E-state index >= 15 is 0 Å². The van der Waals surface area contributed by atoms with Gasteiger partial charge >= 0.3 is 0 Å². The van der Waals surface area contributed by atoms with E-state index in [1.165, 1.54) is 31.4 Å². The number of hydrogen-bond acceptors (Lipinski definition) is 2. The molecule has 1 saturated carbocycles. The van der Waals surface area contributed by atoms with Gasteiger partial charge < -0.3 is 5.32 Å². The van der Waals surface area contributed by atoms with Gasteiger partial charge in [0.05, 0.1) is 0 Å². The Labute approximate surface area is 113 Å². The maximum Gasteiger partial charge on any atom is 0.0203 e. The molecule has 1 aliphatic carbocycles. The lowest BCUT2D eigenvalue weighted by Crippen LogP contribution is -2.45. The molecular formula is C15H31NS. The van der Waals surface area contributed by atoms with Crippen molar-refractivity contribution in [1.82, 2.24) is 5.32 Å². The van der Waals surface area contributed by atoms with Gasteiger partial charge in [-0.1, -0.05) is 41.0 Å². The van der Waals surface area contributed by atoms with Crippen LogP contribution in [-0.4, -0.2) is 23.6 Å². The molecule has 0 amide bonds. The summed E-state index contributed by atoms with van der Waals surface area (Å²) >= 11 is 2.17. The van der Waals surface area contributed by atoms with Crippen LogP contribution in [0, 0.1) is 11.3 Å². The fraction of sp³-hybridized carbons (Fsp3) is 1.00. The van der Waals surface area contributed by atoms with Gasteiger partial charge in [0.25, 0.3) is 0 Å². The Bertz CT molecular complexity index is 215. The standard InChI is InChI=1S/C15H31NS/c1-6-15(4,5)12-9-10-13(16-7-2)14(11-12)17-8-3/h12-14,16H,6-11H2,1-5H3. The van der Waals surface area contributed by atoms with Gasteiger partial charge in [0.2, 0.25) is 0 Å². The van der Waals surface area contributed by atoms with Crippen LogP contribution in [0.2, 0.25) is 0 Å². The Morgan fingerprint density at radius 2 is 1.88 bits per heavy atom. The molecule has 0 bridgehead atoms. The first-order valence-corrected chi connectivity index (χ1v) is 8.45. The lowest BCUT2D eigenvalue weighted by atomic mass is 9.68. The highest BCUT2D eigenvalue weighted by Gasteiger charge is 2.36. The van der Waals surface area contributed by atoms with E-state index in [-0.39, 0.29) is 0 Å². The summed E-state index contributed by atoms with van der Waals surface area (Å²) in [5.41, 5.74) is 0.531. The maximum absolute atomic E-state index is 3.69. The van der Waals surface area contributed by atoms with Crippen LogP contribution in [0.3, 0.4) is 0 Å². The van der Waals surface area contributed by atoms with Crippen LogP contribution >= 0.6 is 11.8 Å². The second-order valence-corrected chi connectivity index (χ2v) is 7.53. The number of thioether (sulfide) groups is 1. The monoisotopic (exact) mass is 257 g/mol. The van der Waals surface area contributed by atoms with E-state index in [2.05, 4.69) is 51.7 Å². The smallest absolute Gasteiger partial charge is 0.0203 e. The fourth-order valence-corrected chi connectivity index (χ4v) is 4.28. The van der Waals surface area contributed by atoms with Gasteiger partial charge in [-0.25, -0.2) is 0 Å². The predicted octanol–water partition coefficient (Wildman–Crippen LogP) is 4.32. The third-order valence-electron chi connectivity index (χ3n) is 4.66. The number of hydrogen-bond donors (Lipinski definition) is 1. The van der Waals surface area contributed by atoms with Crippen molar-refractivity contribution in [2.45, 2.75) is 71.6 Å². The third-order valence-corrected chi connectivity index (χ3v) is 5.94. The molecule has 0 heterocycles. The molecule has 1 rings (SSSR count). The second-order valence-electron chi connectivity index (χ2n) is 6.01. The Kier molecular flexibility index (Phi) is 6.36. The van der Waals surface area contributed by atoms with E-state index in [4.69, 9.17) is 0 Å². The zero-order valence-electron chi connectivity index (χ0n) is 12.4. The Balaban J connectivity index is 2.61. The first-order valence-electron chi connectivity index (χ1n) is 7.40. The summed E-state index contributed by atoms with van der Waals surface area (Å²) in [5.74, 6) is 2.18. The zero-order chi connectivity index (χ0) is 12.9. The van der Waals surface area contributed by atoms with Crippen molar-refractivity contribution in [3.05, 3.63) is 0 Å². The summed E-state index contributed by atoms with van der Waals surface area (Å²) < 4.78 is 0. The van der Waals surface area contributed by atoms with Crippen LogP contribution in [0.1, 0.15) is 60.3 Å². The van der Waals surface area contributed by atoms with Gasteiger partial charge in [0.1, 0.15) is 0 Å². The second kappa shape index (κ2) is 7.04. The molecular weight excluding hydrogens is 226 g/mol. The molecule has 0 saturated heterocycles. The van der Waals surface area contributed by atoms with E-state index in [9.17, 15) is 0 Å². The largest absolute Gasteiger partial charge is 0.313 e. The summed E-state index contributed by atoms with van der Waals surface area (Å²) in [6.45, 7) is 12.9. The van der Waals surface area contributed by atoms with Gasteiger partial charge in [-0.3, -0.25) is 0 Å². The number of rotatable bonds is 6. The minimum Gasteiger partial charge on any atom is -0.313 e. The molecule has 102 valence electrons. The SMILES string of the molecule is CCNC1CCC(C(C)(C)CC)CC1SCC. The quantitative estimate of drug-likeness (QED) is 0.760. The minimum absolute atomic E-state index is 0.531. The molecule has 1 aliphatic rings. The van der Waals surface area contributed by atoms with Gasteiger partial charge in [0.15, 0.2) is 0 Å². The average molecular weight is 257 g/mol. The lowest BCUT2D eigenvalue weighted by Gasteiger charge is -2.43. The average Bonchev–Trinajstić information content (AvgIpc) is 2.32. The minimum atomic E-state index is 0.531. The Morgan fingerprint density at radius 1 is 1.18 bits per heavy atom. The first-order chi connectivity index (χ1) is 8.05. The summed E-state index contributed by atoms with van der Waals surface area (Å²) in [5, 5.41) is 4.53. The van der Waals surface area contributed by atoms with Crippen LogP contribution < -0.4 is 5.32 Å². The molecule has 3 atom stereocenters.